The first-order valence-electron chi connectivity index (χ1n) is 10.2. The maximum atomic E-state index is 13.2. The number of carbonyl (C=O) groups excluding carboxylic acids is 1. The highest BCUT2D eigenvalue weighted by atomic mass is 16.6. The second-order valence-corrected chi connectivity index (χ2v) is 7.89. The maximum Gasteiger partial charge on any atom is 0.277 e. The monoisotopic (exact) mass is 431 g/mol. The molecule has 1 unspecified atom stereocenters. The second kappa shape index (κ2) is 8.58. The molecule has 1 amide bonds. The van der Waals surface area contributed by atoms with E-state index >= 15 is 0 Å². The fourth-order valence-corrected chi connectivity index (χ4v) is 4.49. The van der Waals surface area contributed by atoms with Crippen LogP contribution in [0, 0.1) is 26.1 Å². The average molecular weight is 431 g/mol. The van der Waals surface area contributed by atoms with E-state index < -0.39 is 27.1 Å². The van der Waals surface area contributed by atoms with Crippen molar-refractivity contribution in [1.29, 1.82) is 0 Å². The van der Waals surface area contributed by atoms with Crippen LogP contribution in [-0.4, -0.2) is 15.8 Å². The molecule has 3 aromatic carbocycles. The summed E-state index contributed by atoms with van der Waals surface area (Å²) < 4.78 is 0. The first-order valence-corrected chi connectivity index (χ1v) is 10.2. The Morgan fingerprint density at radius 2 is 1.75 bits per heavy atom. The molecule has 0 radical (unpaired) electrons. The Morgan fingerprint density at radius 3 is 2.41 bits per heavy atom. The van der Waals surface area contributed by atoms with Crippen molar-refractivity contribution in [1.82, 2.24) is 5.32 Å². The molecule has 3 aromatic rings. The number of hydrogen-bond donors (Lipinski definition) is 1. The number of nitrogens with one attached hydrogen (secondary N) is 1. The summed E-state index contributed by atoms with van der Waals surface area (Å²) in [6, 6.07) is 14.7. The number of non-ortho nitro benzene ring substituents is 2. The van der Waals surface area contributed by atoms with Crippen LogP contribution in [-0.2, 0) is 6.42 Å². The lowest BCUT2D eigenvalue weighted by atomic mass is 9.76. The third-order valence-electron chi connectivity index (χ3n) is 5.97. The van der Waals surface area contributed by atoms with Gasteiger partial charge in [-0.3, -0.25) is 25.0 Å². The number of aryl methyl sites for hydroxylation is 1. The van der Waals surface area contributed by atoms with E-state index in [1.54, 1.807) is 0 Å². The van der Waals surface area contributed by atoms with Crippen LogP contribution >= 0.6 is 0 Å². The van der Waals surface area contributed by atoms with Gasteiger partial charge in [0.25, 0.3) is 17.3 Å². The van der Waals surface area contributed by atoms with Gasteiger partial charge in [-0.1, -0.05) is 42.5 Å². The number of rotatable bonds is 6. The molecule has 8 nitrogen and oxygen atoms in total. The molecular formula is C24H21N3O5. The van der Waals surface area contributed by atoms with Gasteiger partial charge < -0.3 is 5.32 Å². The van der Waals surface area contributed by atoms with Crippen LogP contribution in [0.3, 0.4) is 0 Å². The van der Waals surface area contributed by atoms with Crippen LogP contribution in [0.25, 0.3) is 10.8 Å². The highest BCUT2D eigenvalue weighted by Gasteiger charge is 2.32. The normalized spacial score (nSPS) is 17.4. The molecule has 8 heteroatoms. The minimum absolute atomic E-state index is 0.0865. The summed E-state index contributed by atoms with van der Waals surface area (Å²) in [6.07, 6.45) is 4.21. The van der Waals surface area contributed by atoms with Crippen molar-refractivity contribution in [3.63, 3.8) is 0 Å². The van der Waals surface area contributed by atoms with Crippen molar-refractivity contribution in [2.45, 2.75) is 25.3 Å². The zero-order valence-corrected chi connectivity index (χ0v) is 17.2. The third kappa shape index (κ3) is 3.94. The smallest absolute Gasteiger partial charge is 0.277 e. The van der Waals surface area contributed by atoms with Gasteiger partial charge in [0.1, 0.15) is 0 Å². The van der Waals surface area contributed by atoms with E-state index in [9.17, 15) is 25.0 Å². The van der Waals surface area contributed by atoms with Gasteiger partial charge in [-0.2, -0.15) is 0 Å². The minimum Gasteiger partial charge on any atom is -0.345 e. The van der Waals surface area contributed by atoms with Gasteiger partial charge in [0.15, 0.2) is 0 Å². The van der Waals surface area contributed by atoms with Crippen molar-refractivity contribution in [3.8, 4) is 0 Å². The Bertz CT molecular complexity index is 1220. The molecule has 162 valence electrons. The van der Waals surface area contributed by atoms with E-state index in [1.165, 1.54) is 0 Å². The summed E-state index contributed by atoms with van der Waals surface area (Å²) >= 11 is 0. The summed E-state index contributed by atoms with van der Waals surface area (Å²) in [7, 11) is 0. The van der Waals surface area contributed by atoms with Crippen molar-refractivity contribution >= 4 is 28.1 Å². The van der Waals surface area contributed by atoms with E-state index in [4.69, 9.17) is 0 Å². The lowest BCUT2D eigenvalue weighted by Gasteiger charge is -2.35. The van der Waals surface area contributed by atoms with Crippen LogP contribution in [0.15, 0.2) is 67.3 Å². The van der Waals surface area contributed by atoms with Crippen LogP contribution in [0.1, 0.15) is 40.4 Å². The summed E-state index contributed by atoms with van der Waals surface area (Å²) in [6.45, 7) is 3.84. The van der Waals surface area contributed by atoms with Crippen molar-refractivity contribution < 1.29 is 14.6 Å². The van der Waals surface area contributed by atoms with E-state index in [-0.39, 0.29) is 17.5 Å². The summed E-state index contributed by atoms with van der Waals surface area (Å²) in [5.41, 5.74) is 1.05. The fraction of sp³-hybridized carbons (Fsp3) is 0.208. The summed E-state index contributed by atoms with van der Waals surface area (Å²) in [5, 5.41) is 27.6. The number of hydrogen-bond acceptors (Lipinski definition) is 5. The number of nitrogens with zero attached hydrogens (tertiary/aromatic N) is 2. The molecule has 0 fully saturated rings. The average Bonchev–Trinajstić information content (AvgIpc) is 2.79. The highest BCUT2D eigenvalue weighted by Crippen LogP contribution is 2.40. The molecule has 2 atom stereocenters. The van der Waals surface area contributed by atoms with Crippen LogP contribution < -0.4 is 5.32 Å². The number of nitro benzene ring substituents is 2. The molecule has 0 saturated carbocycles. The lowest BCUT2D eigenvalue weighted by Crippen LogP contribution is -2.36. The number of carbonyl (C=O) groups is 1. The van der Waals surface area contributed by atoms with Gasteiger partial charge in [0.05, 0.1) is 27.5 Å². The van der Waals surface area contributed by atoms with Crippen molar-refractivity contribution in [2.24, 2.45) is 5.92 Å². The molecule has 0 heterocycles. The third-order valence-corrected chi connectivity index (χ3v) is 5.97. The molecule has 0 spiro atoms. The molecule has 32 heavy (non-hydrogen) atoms. The van der Waals surface area contributed by atoms with E-state index in [0.29, 0.717) is 6.42 Å². The van der Waals surface area contributed by atoms with Crippen LogP contribution in [0.5, 0.6) is 0 Å². The van der Waals surface area contributed by atoms with Gasteiger partial charge in [0, 0.05) is 12.1 Å². The lowest BCUT2D eigenvalue weighted by molar-refractivity contribution is -0.394. The van der Waals surface area contributed by atoms with Gasteiger partial charge in [0.2, 0.25) is 0 Å². The number of benzene rings is 3. The van der Waals surface area contributed by atoms with Crippen molar-refractivity contribution in [3.05, 3.63) is 104 Å². The number of nitro groups is 2. The predicted octanol–water partition coefficient (Wildman–Crippen LogP) is 5.27. The highest BCUT2D eigenvalue weighted by molar-refractivity contribution is 5.96. The summed E-state index contributed by atoms with van der Waals surface area (Å²) in [4.78, 5) is 34.1. The van der Waals surface area contributed by atoms with E-state index in [2.05, 4.69) is 24.0 Å². The standard InChI is InChI=1S/C24H21N3O5/c1-2-5-17-11-10-16-9-8-15-6-3-4-7-21(15)22(16)23(17)25-24(28)18-12-19(26(29)30)14-20(13-18)27(31)32/h2-4,6-9,12-14,17,23H,1,5,10-11H2,(H,25,28)/t17-,23?/m0/s1. The largest absolute Gasteiger partial charge is 0.345 e. The summed E-state index contributed by atoms with van der Waals surface area (Å²) in [5.74, 6) is -0.500. The molecule has 0 saturated heterocycles. The fourth-order valence-electron chi connectivity index (χ4n) is 4.49. The molecule has 1 N–H and O–H groups in total. The predicted molar refractivity (Wildman–Crippen MR) is 121 cm³/mol. The van der Waals surface area contributed by atoms with Gasteiger partial charge >= 0.3 is 0 Å². The zero-order valence-electron chi connectivity index (χ0n) is 17.2. The maximum absolute atomic E-state index is 13.2. The van der Waals surface area contributed by atoms with Gasteiger partial charge in [-0.25, -0.2) is 0 Å². The Labute approximate surface area is 183 Å². The Morgan fingerprint density at radius 1 is 1.06 bits per heavy atom. The molecular weight excluding hydrogens is 410 g/mol. The van der Waals surface area contributed by atoms with Gasteiger partial charge in [-0.05, 0) is 47.1 Å². The van der Waals surface area contributed by atoms with Crippen LogP contribution in [0.2, 0.25) is 0 Å². The van der Waals surface area contributed by atoms with E-state index in [0.717, 1.165) is 52.9 Å². The topological polar surface area (TPSA) is 115 Å². The number of fused-ring (bicyclic) bond motifs is 3. The molecule has 1 aliphatic carbocycles. The quantitative estimate of drug-likeness (QED) is 0.324. The molecule has 0 bridgehead atoms. The number of allylic oxidation sites excluding steroid dienone is 1. The van der Waals surface area contributed by atoms with E-state index in [1.807, 2.05) is 30.3 Å². The first kappa shape index (κ1) is 21.2. The second-order valence-electron chi connectivity index (χ2n) is 7.89. The Kier molecular flexibility index (Phi) is 5.68. The zero-order chi connectivity index (χ0) is 22.8. The molecule has 1 aliphatic rings. The minimum atomic E-state index is -0.742. The van der Waals surface area contributed by atoms with Gasteiger partial charge in [-0.15, -0.1) is 6.58 Å². The number of amides is 1. The SMILES string of the molecule is C=CC[C@H]1CCc2ccc3ccccc3c2C1NC(=O)c1cc([N+](=O)[O-])cc([N+](=O)[O-])c1. The molecule has 0 aliphatic heterocycles. The Hall–Kier alpha value is -4.07. The van der Waals surface area contributed by atoms with Crippen LogP contribution in [0.4, 0.5) is 11.4 Å². The first-order chi connectivity index (χ1) is 15.4. The molecule has 0 aromatic heterocycles. The Balaban J connectivity index is 1.78. The van der Waals surface area contributed by atoms with Crippen molar-refractivity contribution in [2.75, 3.05) is 0 Å². The molecule has 4 rings (SSSR count).